The van der Waals surface area contributed by atoms with Crippen molar-refractivity contribution in [2.75, 3.05) is 6.61 Å². The van der Waals surface area contributed by atoms with E-state index in [0.717, 1.165) is 5.56 Å². The number of halogens is 1. The van der Waals surface area contributed by atoms with Crippen LogP contribution in [0.15, 0.2) is 65.1 Å². The molecule has 3 rings (SSSR count). The lowest BCUT2D eigenvalue weighted by atomic mass is 10.00. The second kappa shape index (κ2) is 8.70. The van der Waals surface area contributed by atoms with Crippen LogP contribution in [-0.2, 0) is 19.6 Å². The van der Waals surface area contributed by atoms with E-state index in [2.05, 4.69) is 0 Å². The fraction of sp³-hybridized carbons (Fsp3) is 0.348. The SMILES string of the molecule is CCOC(=O)C1=C[C@@H](C(C)C)N(S(=O)(=O)c2ccc(C)cc2)[C@H]1c1ccccc1F. The summed E-state index contributed by atoms with van der Waals surface area (Å²) in [4.78, 5) is 12.8. The third kappa shape index (κ3) is 4.04. The minimum Gasteiger partial charge on any atom is -0.463 e. The Morgan fingerprint density at radius 2 is 1.77 bits per heavy atom. The monoisotopic (exact) mass is 431 g/mol. The fourth-order valence-electron chi connectivity index (χ4n) is 3.67. The molecule has 0 amide bonds. The van der Waals surface area contributed by atoms with E-state index in [4.69, 9.17) is 4.74 Å². The van der Waals surface area contributed by atoms with E-state index in [-0.39, 0.29) is 28.6 Å². The van der Waals surface area contributed by atoms with Gasteiger partial charge in [0, 0.05) is 11.6 Å². The first-order valence-electron chi connectivity index (χ1n) is 9.92. The van der Waals surface area contributed by atoms with Crippen LogP contribution in [0.3, 0.4) is 0 Å². The summed E-state index contributed by atoms with van der Waals surface area (Å²) in [5, 5.41) is 0. The highest BCUT2D eigenvalue weighted by atomic mass is 32.2. The van der Waals surface area contributed by atoms with Gasteiger partial charge in [0.25, 0.3) is 0 Å². The second-order valence-corrected chi connectivity index (χ2v) is 9.49. The number of aryl methyl sites for hydroxylation is 1. The Labute approximate surface area is 177 Å². The molecule has 30 heavy (non-hydrogen) atoms. The average molecular weight is 432 g/mol. The van der Waals surface area contributed by atoms with Gasteiger partial charge in [-0.15, -0.1) is 0 Å². The largest absolute Gasteiger partial charge is 0.463 e. The van der Waals surface area contributed by atoms with Crippen LogP contribution in [0.1, 0.15) is 37.9 Å². The fourth-order valence-corrected chi connectivity index (χ4v) is 5.52. The minimum atomic E-state index is -4.04. The average Bonchev–Trinajstić information content (AvgIpc) is 3.10. The maximum absolute atomic E-state index is 14.8. The third-order valence-electron chi connectivity index (χ3n) is 5.18. The van der Waals surface area contributed by atoms with Gasteiger partial charge in [-0.3, -0.25) is 0 Å². The predicted octanol–water partition coefficient (Wildman–Crippen LogP) is 4.39. The quantitative estimate of drug-likeness (QED) is 0.636. The molecule has 2 aromatic rings. The summed E-state index contributed by atoms with van der Waals surface area (Å²) >= 11 is 0. The molecule has 1 heterocycles. The Morgan fingerprint density at radius 3 is 2.33 bits per heavy atom. The lowest BCUT2D eigenvalue weighted by molar-refractivity contribution is -0.138. The molecule has 0 aromatic heterocycles. The summed E-state index contributed by atoms with van der Waals surface area (Å²) in [5.41, 5.74) is 1.18. The highest BCUT2D eigenvalue weighted by molar-refractivity contribution is 7.89. The molecule has 2 aromatic carbocycles. The molecular formula is C23H26FNO4S. The zero-order valence-corrected chi connectivity index (χ0v) is 18.3. The summed E-state index contributed by atoms with van der Waals surface area (Å²) in [6.07, 6.45) is 1.60. The maximum atomic E-state index is 14.8. The van der Waals surface area contributed by atoms with Gasteiger partial charge in [0.2, 0.25) is 10.0 Å². The number of benzene rings is 2. The predicted molar refractivity (Wildman–Crippen MR) is 113 cm³/mol. The molecule has 0 unspecified atom stereocenters. The molecule has 0 aliphatic carbocycles. The number of carbonyl (C=O) groups excluding carboxylic acids is 1. The van der Waals surface area contributed by atoms with Crippen LogP contribution >= 0.6 is 0 Å². The van der Waals surface area contributed by atoms with E-state index in [9.17, 15) is 17.6 Å². The minimum absolute atomic E-state index is 0.0959. The van der Waals surface area contributed by atoms with Gasteiger partial charge in [-0.2, -0.15) is 4.31 Å². The molecule has 7 heteroatoms. The summed E-state index contributed by atoms with van der Waals surface area (Å²) in [7, 11) is -4.04. The normalized spacial score (nSPS) is 19.7. The Balaban J connectivity index is 2.22. The Kier molecular flexibility index (Phi) is 6.43. The molecule has 0 radical (unpaired) electrons. The molecule has 0 fully saturated rings. The highest BCUT2D eigenvalue weighted by Gasteiger charge is 2.48. The van der Waals surface area contributed by atoms with E-state index >= 15 is 0 Å². The highest BCUT2D eigenvalue weighted by Crippen LogP contribution is 2.44. The number of esters is 1. The number of ether oxygens (including phenoxy) is 1. The second-order valence-electron chi connectivity index (χ2n) is 7.65. The molecule has 0 saturated heterocycles. The van der Waals surface area contributed by atoms with Crippen molar-refractivity contribution in [2.24, 2.45) is 5.92 Å². The van der Waals surface area contributed by atoms with E-state index in [1.807, 2.05) is 20.8 Å². The molecule has 160 valence electrons. The van der Waals surface area contributed by atoms with Crippen LogP contribution in [0.25, 0.3) is 0 Å². The molecule has 0 N–H and O–H groups in total. The number of hydrogen-bond acceptors (Lipinski definition) is 4. The Morgan fingerprint density at radius 1 is 1.13 bits per heavy atom. The molecule has 1 aliphatic rings. The number of nitrogens with zero attached hydrogens (tertiary/aromatic N) is 1. The maximum Gasteiger partial charge on any atom is 0.335 e. The van der Waals surface area contributed by atoms with Crippen LogP contribution in [-0.4, -0.2) is 31.3 Å². The van der Waals surface area contributed by atoms with Crippen LogP contribution in [0.5, 0.6) is 0 Å². The molecule has 5 nitrogen and oxygen atoms in total. The van der Waals surface area contributed by atoms with Crippen molar-refractivity contribution in [2.45, 2.75) is 44.7 Å². The van der Waals surface area contributed by atoms with E-state index in [1.165, 1.54) is 34.6 Å². The molecule has 2 atom stereocenters. The summed E-state index contributed by atoms with van der Waals surface area (Å²) < 4.78 is 48.6. The van der Waals surface area contributed by atoms with Gasteiger partial charge in [-0.05, 0) is 38.0 Å². The van der Waals surface area contributed by atoms with Crippen molar-refractivity contribution in [1.82, 2.24) is 4.31 Å². The van der Waals surface area contributed by atoms with Crippen LogP contribution in [0.2, 0.25) is 0 Å². The lowest BCUT2D eigenvalue weighted by Crippen LogP contribution is -2.41. The van der Waals surface area contributed by atoms with Crippen LogP contribution in [0.4, 0.5) is 4.39 Å². The van der Waals surface area contributed by atoms with Gasteiger partial charge in [-0.25, -0.2) is 17.6 Å². The van der Waals surface area contributed by atoms with Gasteiger partial charge in [-0.1, -0.05) is 55.8 Å². The van der Waals surface area contributed by atoms with E-state index in [1.54, 1.807) is 31.2 Å². The summed E-state index contributed by atoms with van der Waals surface area (Å²) in [6.45, 7) is 7.41. The Hall–Kier alpha value is -2.51. The van der Waals surface area contributed by atoms with Gasteiger partial charge < -0.3 is 4.74 Å². The van der Waals surface area contributed by atoms with Crippen molar-refractivity contribution in [3.8, 4) is 0 Å². The van der Waals surface area contributed by atoms with Crippen molar-refractivity contribution in [3.63, 3.8) is 0 Å². The molecule has 0 spiro atoms. The summed E-state index contributed by atoms with van der Waals surface area (Å²) in [5.74, 6) is -1.37. The van der Waals surface area contributed by atoms with Gasteiger partial charge in [0.05, 0.1) is 23.1 Å². The van der Waals surface area contributed by atoms with Crippen molar-refractivity contribution in [1.29, 1.82) is 0 Å². The lowest BCUT2D eigenvalue weighted by Gasteiger charge is -2.32. The molecule has 0 saturated carbocycles. The van der Waals surface area contributed by atoms with Crippen molar-refractivity contribution < 1.29 is 22.3 Å². The van der Waals surface area contributed by atoms with Gasteiger partial charge >= 0.3 is 5.97 Å². The van der Waals surface area contributed by atoms with Gasteiger partial charge in [0.1, 0.15) is 5.82 Å². The third-order valence-corrected chi connectivity index (χ3v) is 7.06. The number of sulfonamides is 1. The number of carbonyl (C=O) groups is 1. The van der Waals surface area contributed by atoms with Crippen molar-refractivity contribution in [3.05, 3.63) is 77.1 Å². The summed E-state index contributed by atoms with van der Waals surface area (Å²) in [6, 6.07) is 10.7. The molecular weight excluding hydrogens is 405 g/mol. The van der Waals surface area contributed by atoms with Crippen LogP contribution < -0.4 is 0 Å². The number of hydrogen-bond donors (Lipinski definition) is 0. The van der Waals surface area contributed by atoms with Crippen LogP contribution in [0, 0.1) is 18.7 Å². The van der Waals surface area contributed by atoms with E-state index < -0.39 is 33.9 Å². The topological polar surface area (TPSA) is 63.7 Å². The van der Waals surface area contributed by atoms with Crippen molar-refractivity contribution >= 4 is 16.0 Å². The first-order valence-corrected chi connectivity index (χ1v) is 11.4. The molecule has 1 aliphatic heterocycles. The zero-order chi connectivity index (χ0) is 22.1. The molecule has 0 bridgehead atoms. The Bertz CT molecular complexity index is 1060. The smallest absolute Gasteiger partial charge is 0.335 e. The van der Waals surface area contributed by atoms with Gasteiger partial charge in [0.15, 0.2) is 0 Å². The van der Waals surface area contributed by atoms with E-state index in [0.29, 0.717) is 0 Å². The standard InChI is InChI=1S/C23H26FNO4S/c1-5-29-23(26)19-14-21(15(2)3)25(22(19)18-8-6-7-9-20(18)24)30(27,28)17-12-10-16(4)11-13-17/h6-15,21-22H,5H2,1-4H3/t21-,22-/m0/s1. The first kappa shape index (κ1) is 22.2. The zero-order valence-electron chi connectivity index (χ0n) is 17.5. The number of rotatable bonds is 6. The first-order chi connectivity index (χ1) is 14.2.